The summed E-state index contributed by atoms with van der Waals surface area (Å²) in [7, 11) is 2.00. The lowest BCUT2D eigenvalue weighted by Crippen LogP contribution is -2.41. The molecule has 2 rings (SSSR count). The van der Waals surface area contributed by atoms with E-state index in [0.29, 0.717) is 12.1 Å². The monoisotopic (exact) mass is 247 g/mol. The van der Waals surface area contributed by atoms with Crippen LogP contribution in [-0.4, -0.2) is 24.6 Å². The molecule has 0 aromatic carbocycles. The molecule has 0 bridgehead atoms. The molecular weight excluding hydrogens is 222 g/mol. The van der Waals surface area contributed by atoms with Gasteiger partial charge in [-0.1, -0.05) is 6.92 Å². The first-order valence-corrected chi connectivity index (χ1v) is 7.01. The number of hydrogen-bond acceptors (Lipinski definition) is 3. The van der Waals surface area contributed by atoms with Crippen LogP contribution in [-0.2, 0) is 0 Å². The van der Waals surface area contributed by atoms with E-state index in [2.05, 4.69) is 48.1 Å². The Morgan fingerprint density at radius 1 is 1.39 bits per heavy atom. The first-order valence-electron chi connectivity index (χ1n) is 7.01. The highest BCUT2D eigenvalue weighted by Gasteiger charge is 2.24. The Morgan fingerprint density at radius 2 is 2.17 bits per heavy atom. The van der Waals surface area contributed by atoms with Crippen LogP contribution in [0, 0.1) is 5.92 Å². The van der Waals surface area contributed by atoms with Crippen molar-refractivity contribution in [2.45, 2.75) is 45.7 Å². The average molecular weight is 247 g/mol. The molecule has 1 aliphatic heterocycles. The van der Waals surface area contributed by atoms with E-state index < -0.39 is 0 Å². The lowest BCUT2D eigenvalue weighted by Gasteiger charge is -2.38. The van der Waals surface area contributed by atoms with Gasteiger partial charge in [0.1, 0.15) is 5.82 Å². The number of hydrogen-bond donors (Lipinski definition) is 1. The summed E-state index contributed by atoms with van der Waals surface area (Å²) in [6, 6.07) is 5.32. The molecule has 3 atom stereocenters. The molecule has 18 heavy (non-hydrogen) atoms. The van der Waals surface area contributed by atoms with Gasteiger partial charge < -0.3 is 10.2 Å². The number of piperidine rings is 1. The van der Waals surface area contributed by atoms with Crippen LogP contribution in [0.3, 0.4) is 0 Å². The quantitative estimate of drug-likeness (QED) is 0.890. The topological polar surface area (TPSA) is 28.2 Å². The smallest absolute Gasteiger partial charge is 0.129 e. The normalized spacial score (nSPS) is 26.1. The standard InChI is InChI=1S/C15H25N3/c1-11-5-6-12(2)18(10-11)15-9-14(7-8-17-15)13(3)16-4/h7-9,11-13,16H,5-6,10H2,1-4H3. The van der Waals surface area contributed by atoms with Gasteiger partial charge in [0.2, 0.25) is 0 Å². The van der Waals surface area contributed by atoms with Crippen LogP contribution >= 0.6 is 0 Å². The Morgan fingerprint density at radius 3 is 2.89 bits per heavy atom. The number of nitrogens with zero attached hydrogens (tertiary/aromatic N) is 2. The van der Waals surface area contributed by atoms with Gasteiger partial charge in [0.15, 0.2) is 0 Å². The number of aromatic nitrogens is 1. The van der Waals surface area contributed by atoms with Gasteiger partial charge in [-0.05, 0) is 57.4 Å². The molecule has 0 spiro atoms. The van der Waals surface area contributed by atoms with Crippen molar-refractivity contribution in [1.82, 2.24) is 10.3 Å². The molecular formula is C15H25N3. The molecule has 1 aromatic rings. The second-order valence-corrected chi connectivity index (χ2v) is 5.64. The van der Waals surface area contributed by atoms with Crippen LogP contribution in [0.2, 0.25) is 0 Å². The molecule has 100 valence electrons. The van der Waals surface area contributed by atoms with Gasteiger partial charge in [-0.25, -0.2) is 4.98 Å². The Balaban J connectivity index is 2.21. The molecule has 1 saturated heterocycles. The van der Waals surface area contributed by atoms with Crippen molar-refractivity contribution in [1.29, 1.82) is 0 Å². The van der Waals surface area contributed by atoms with Gasteiger partial charge in [-0.15, -0.1) is 0 Å². The van der Waals surface area contributed by atoms with Crippen molar-refractivity contribution < 1.29 is 0 Å². The van der Waals surface area contributed by atoms with Gasteiger partial charge in [0.05, 0.1) is 0 Å². The Kier molecular flexibility index (Phi) is 4.23. The molecule has 1 aliphatic rings. The summed E-state index contributed by atoms with van der Waals surface area (Å²) < 4.78 is 0. The highest BCUT2D eigenvalue weighted by atomic mass is 15.2. The summed E-state index contributed by atoms with van der Waals surface area (Å²) in [4.78, 5) is 7.02. The molecule has 0 aliphatic carbocycles. The maximum absolute atomic E-state index is 4.56. The van der Waals surface area contributed by atoms with Crippen LogP contribution in [0.1, 0.15) is 45.2 Å². The van der Waals surface area contributed by atoms with Crippen molar-refractivity contribution in [2.75, 3.05) is 18.5 Å². The van der Waals surface area contributed by atoms with E-state index in [1.165, 1.54) is 18.4 Å². The third kappa shape index (κ3) is 2.83. The van der Waals surface area contributed by atoms with Gasteiger partial charge in [-0.3, -0.25) is 0 Å². The minimum absolute atomic E-state index is 0.379. The van der Waals surface area contributed by atoms with Crippen LogP contribution in [0.15, 0.2) is 18.3 Å². The summed E-state index contributed by atoms with van der Waals surface area (Å²) in [5.74, 6) is 1.90. The zero-order chi connectivity index (χ0) is 13.1. The van der Waals surface area contributed by atoms with E-state index in [-0.39, 0.29) is 0 Å². The summed E-state index contributed by atoms with van der Waals surface area (Å²) in [5, 5.41) is 3.29. The van der Waals surface area contributed by atoms with Crippen molar-refractivity contribution in [3.8, 4) is 0 Å². The number of nitrogens with one attached hydrogen (secondary N) is 1. The number of anilines is 1. The average Bonchev–Trinajstić information content (AvgIpc) is 2.40. The van der Waals surface area contributed by atoms with Gasteiger partial charge in [-0.2, -0.15) is 0 Å². The summed E-state index contributed by atoms with van der Waals surface area (Å²) >= 11 is 0. The van der Waals surface area contributed by atoms with E-state index in [4.69, 9.17) is 0 Å². The molecule has 2 heterocycles. The van der Waals surface area contributed by atoms with E-state index in [9.17, 15) is 0 Å². The molecule has 1 N–H and O–H groups in total. The lowest BCUT2D eigenvalue weighted by molar-refractivity contribution is 0.388. The van der Waals surface area contributed by atoms with Crippen LogP contribution < -0.4 is 10.2 Å². The number of pyridine rings is 1. The zero-order valence-corrected chi connectivity index (χ0v) is 12.0. The van der Waals surface area contributed by atoms with Crippen molar-refractivity contribution >= 4 is 5.82 Å². The molecule has 1 fully saturated rings. The Hall–Kier alpha value is -1.09. The first-order chi connectivity index (χ1) is 8.61. The molecule has 1 aromatic heterocycles. The fourth-order valence-electron chi connectivity index (χ4n) is 2.64. The van der Waals surface area contributed by atoms with E-state index in [1.54, 1.807) is 0 Å². The largest absolute Gasteiger partial charge is 0.354 e. The number of rotatable bonds is 3. The highest BCUT2D eigenvalue weighted by Crippen LogP contribution is 2.27. The minimum Gasteiger partial charge on any atom is -0.354 e. The second-order valence-electron chi connectivity index (χ2n) is 5.64. The van der Waals surface area contributed by atoms with Crippen LogP contribution in [0.25, 0.3) is 0 Å². The van der Waals surface area contributed by atoms with Crippen LogP contribution in [0.5, 0.6) is 0 Å². The summed E-state index contributed by atoms with van der Waals surface area (Å²) in [5.41, 5.74) is 1.31. The van der Waals surface area contributed by atoms with Crippen molar-refractivity contribution in [3.63, 3.8) is 0 Å². The first kappa shape index (κ1) is 13.3. The SMILES string of the molecule is CNC(C)c1ccnc(N2CC(C)CCC2C)c1. The summed E-state index contributed by atoms with van der Waals surface area (Å²) in [6.45, 7) is 7.95. The Bertz CT molecular complexity index is 391. The molecule has 0 amide bonds. The molecule has 0 radical (unpaired) electrons. The lowest BCUT2D eigenvalue weighted by atomic mass is 9.95. The molecule has 3 heteroatoms. The van der Waals surface area contributed by atoms with Crippen LogP contribution in [0.4, 0.5) is 5.82 Å². The maximum atomic E-state index is 4.56. The maximum Gasteiger partial charge on any atom is 0.129 e. The van der Waals surface area contributed by atoms with E-state index in [1.807, 2.05) is 13.2 Å². The van der Waals surface area contributed by atoms with Gasteiger partial charge >= 0.3 is 0 Å². The van der Waals surface area contributed by atoms with E-state index in [0.717, 1.165) is 18.3 Å². The Labute approximate surface area is 111 Å². The highest BCUT2D eigenvalue weighted by molar-refractivity contribution is 5.43. The predicted octanol–water partition coefficient (Wildman–Crippen LogP) is 2.99. The zero-order valence-electron chi connectivity index (χ0n) is 12.0. The minimum atomic E-state index is 0.379. The third-order valence-electron chi connectivity index (χ3n) is 4.11. The summed E-state index contributed by atoms with van der Waals surface area (Å²) in [6.07, 6.45) is 4.55. The van der Waals surface area contributed by atoms with Gasteiger partial charge in [0, 0.05) is 24.8 Å². The van der Waals surface area contributed by atoms with Crippen molar-refractivity contribution in [2.24, 2.45) is 5.92 Å². The second kappa shape index (κ2) is 5.70. The van der Waals surface area contributed by atoms with Crippen molar-refractivity contribution in [3.05, 3.63) is 23.9 Å². The molecule has 3 unspecified atom stereocenters. The molecule has 3 nitrogen and oxygen atoms in total. The molecule has 0 saturated carbocycles. The predicted molar refractivity (Wildman–Crippen MR) is 76.9 cm³/mol. The fraction of sp³-hybridized carbons (Fsp3) is 0.667. The fourth-order valence-corrected chi connectivity index (χ4v) is 2.64. The van der Waals surface area contributed by atoms with E-state index >= 15 is 0 Å². The van der Waals surface area contributed by atoms with Gasteiger partial charge in [0.25, 0.3) is 0 Å². The third-order valence-corrected chi connectivity index (χ3v) is 4.11.